The second-order valence-corrected chi connectivity index (χ2v) is 6.09. The monoisotopic (exact) mass is 226 g/mol. The lowest BCUT2D eigenvalue weighted by atomic mass is 9.82. The van der Waals surface area contributed by atoms with Crippen LogP contribution in [0.1, 0.15) is 43.0 Å². The fraction of sp³-hybridized carbons (Fsp3) is 0.412. The molecule has 2 aromatic carbocycles. The van der Waals surface area contributed by atoms with Crippen molar-refractivity contribution < 1.29 is 0 Å². The van der Waals surface area contributed by atoms with Gasteiger partial charge in [-0.1, -0.05) is 45.0 Å². The zero-order valence-corrected chi connectivity index (χ0v) is 11.8. The van der Waals surface area contributed by atoms with Gasteiger partial charge < -0.3 is 0 Å². The molecule has 0 saturated carbocycles. The lowest BCUT2D eigenvalue weighted by molar-refractivity contribution is 0.596. The van der Waals surface area contributed by atoms with Gasteiger partial charge >= 0.3 is 0 Å². The summed E-state index contributed by atoms with van der Waals surface area (Å²) in [7, 11) is 0. The van der Waals surface area contributed by atoms with Crippen LogP contribution in [-0.4, -0.2) is 0 Å². The van der Waals surface area contributed by atoms with Gasteiger partial charge in [-0.3, -0.25) is 0 Å². The highest BCUT2D eigenvalue weighted by Crippen LogP contribution is 2.33. The van der Waals surface area contributed by atoms with E-state index in [1.54, 1.807) is 0 Å². The maximum Gasteiger partial charge on any atom is -0.0126 e. The van der Waals surface area contributed by atoms with Crippen LogP contribution in [0.25, 0.3) is 10.8 Å². The number of hydrogen-bond donors (Lipinski definition) is 0. The topological polar surface area (TPSA) is 0 Å². The van der Waals surface area contributed by atoms with Gasteiger partial charge in [0.05, 0.1) is 0 Å². The van der Waals surface area contributed by atoms with Crippen LogP contribution in [0.3, 0.4) is 0 Å². The zero-order valence-electron chi connectivity index (χ0n) is 11.8. The average molecular weight is 226 g/mol. The van der Waals surface area contributed by atoms with Crippen LogP contribution in [0.4, 0.5) is 0 Å². The van der Waals surface area contributed by atoms with Crippen molar-refractivity contribution in [1.29, 1.82) is 0 Å². The van der Waals surface area contributed by atoms with E-state index in [1.807, 2.05) is 0 Å². The minimum Gasteiger partial charge on any atom is -0.0613 e. The number of hydrogen-bond acceptors (Lipinski definition) is 0. The highest BCUT2D eigenvalue weighted by Gasteiger charge is 2.17. The summed E-state index contributed by atoms with van der Waals surface area (Å²) in [4.78, 5) is 0. The maximum absolute atomic E-state index is 2.35. The van der Waals surface area contributed by atoms with E-state index in [-0.39, 0.29) is 5.41 Å². The highest BCUT2D eigenvalue weighted by atomic mass is 14.2. The van der Waals surface area contributed by atoms with E-state index in [9.17, 15) is 0 Å². The largest absolute Gasteiger partial charge is 0.0613 e. The highest BCUT2D eigenvalue weighted by molar-refractivity contribution is 5.91. The standard InChI is InChI=1S/C17H22/c1-11-10-15-14(13(3)12(11)2)8-7-9-16(15)17(4,5)6/h7-10H,1-6H3. The summed E-state index contributed by atoms with van der Waals surface area (Å²) in [6, 6.07) is 9.03. The van der Waals surface area contributed by atoms with Gasteiger partial charge in [-0.25, -0.2) is 0 Å². The Morgan fingerprint density at radius 2 is 1.47 bits per heavy atom. The van der Waals surface area contributed by atoms with Crippen LogP contribution in [0.5, 0.6) is 0 Å². The molecule has 0 N–H and O–H groups in total. The summed E-state index contributed by atoms with van der Waals surface area (Å²) in [5.74, 6) is 0. The summed E-state index contributed by atoms with van der Waals surface area (Å²) in [5, 5.41) is 2.82. The van der Waals surface area contributed by atoms with E-state index in [2.05, 4.69) is 65.8 Å². The third kappa shape index (κ3) is 1.97. The van der Waals surface area contributed by atoms with Gasteiger partial charge in [-0.15, -0.1) is 0 Å². The molecule has 0 aliphatic carbocycles. The normalized spacial score (nSPS) is 12.1. The van der Waals surface area contributed by atoms with E-state index < -0.39 is 0 Å². The van der Waals surface area contributed by atoms with Crippen molar-refractivity contribution in [2.24, 2.45) is 0 Å². The van der Waals surface area contributed by atoms with Crippen molar-refractivity contribution in [3.8, 4) is 0 Å². The van der Waals surface area contributed by atoms with Crippen molar-refractivity contribution in [3.63, 3.8) is 0 Å². The number of benzene rings is 2. The predicted octanol–water partition coefficient (Wildman–Crippen LogP) is 5.06. The predicted molar refractivity (Wildman–Crippen MR) is 76.9 cm³/mol. The zero-order chi connectivity index (χ0) is 12.8. The van der Waals surface area contributed by atoms with Crippen LogP contribution >= 0.6 is 0 Å². The molecule has 0 unspecified atom stereocenters. The Balaban J connectivity index is 2.92. The molecule has 0 atom stereocenters. The van der Waals surface area contributed by atoms with Crippen molar-refractivity contribution in [2.75, 3.05) is 0 Å². The first-order valence-corrected chi connectivity index (χ1v) is 6.32. The molecule has 90 valence electrons. The lowest BCUT2D eigenvalue weighted by Crippen LogP contribution is -2.11. The molecule has 0 aliphatic heterocycles. The van der Waals surface area contributed by atoms with Gasteiger partial charge in [0.25, 0.3) is 0 Å². The quantitative estimate of drug-likeness (QED) is 0.589. The Morgan fingerprint density at radius 3 is 2.06 bits per heavy atom. The van der Waals surface area contributed by atoms with Crippen LogP contribution in [0, 0.1) is 20.8 Å². The second kappa shape index (κ2) is 3.87. The smallest absolute Gasteiger partial charge is 0.0126 e. The van der Waals surface area contributed by atoms with Gasteiger partial charge in [0, 0.05) is 0 Å². The van der Waals surface area contributed by atoms with E-state index in [1.165, 1.54) is 33.0 Å². The van der Waals surface area contributed by atoms with Gasteiger partial charge in [0.2, 0.25) is 0 Å². The van der Waals surface area contributed by atoms with Crippen molar-refractivity contribution in [2.45, 2.75) is 47.0 Å². The molecule has 0 bridgehead atoms. The maximum atomic E-state index is 2.35. The molecular weight excluding hydrogens is 204 g/mol. The van der Waals surface area contributed by atoms with Crippen LogP contribution in [0.2, 0.25) is 0 Å². The summed E-state index contributed by atoms with van der Waals surface area (Å²) in [5.41, 5.74) is 5.88. The molecule has 0 nitrogen and oxygen atoms in total. The first kappa shape index (κ1) is 12.2. The molecule has 0 amide bonds. The lowest BCUT2D eigenvalue weighted by Gasteiger charge is -2.23. The van der Waals surface area contributed by atoms with E-state index >= 15 is 0 Å². The Morgan fingerprint density at radius 1 is 0.824 bits per heavy atom. The molecule has 0 aromatic heterocycles. The van der Waals surface area contributed by atoms with Gasteiger partial charge in [0.15, 0.2) is 0 Å². The van der Waals surface area contributed by atoms with Crippen molar-refractivity contribution in [3.05, 3.63) is 46.5 Å². The fourth-order valence-corrected chi connectivity index (χ4v) is 2.52. The average Bonchev–Trinajstić information content (AvgIpc) is 2.24. The summed E-state index contributed by atoms with van der Waals surface area (Å²) >= 11 is 0. The van der Waals surface area contributed by atoms with Gasteiger partial charge in [-0.2, -0.15) is 0 Å². The molecule has 0 heteroatoms. The SMILES string of the molecule is Cc1cc2c(C(C)(C)C)cccc2c(C)c1C. The van der Waals surface area contributed by atoms with Crippen molar-refractivity contribution in [1.82, 2.24) is 0 Å². The van der Waals surface area contributed by atoms with E-state index in [0.717, 1.165) is 0 Å². The molecule has 2 rings (SSSR count). The minimum absolute atomic E-state index is 0.202. The molecule has 0 heterocycles. The second-order valence-electron chi connectivity index (χ2n) is 6.09. The van der Waals surface area contributed by atoms with E-state index in [0.29, 0.717) is 0 Å². The molecule has 0 spiro atoms. The minimum atomic E-state index is 0.202. The number of rotatable bonds is 0. The molecule has 2 aromatic rings. The molecule has 0 fully saturated rings. The first-order chi connectivity index (χ1) is 7.82. The Hall–Kier alpha value is -1.30. The number of aryl methyl sites for hydroxylation is 2. The van der Waals surface area contributed by atoms with Crippen molar-refractivity contribution >= 4 is 10.8 Å². The van der Waals surface area contributed by atoms with Crippen LogP contribution < -0.4 is 0 Å². The third-order valence-corrected chi connectivity index (χ3v) is 3.83. The van der Waals surface area contributed by atoms with Crippen LogP contribution in [-0.2, 0) is 5.41 Å². The number of fused-ring (bicyclic) bond motifs is 1. The molecule has 0 saturated heterocycles. The summed E-state index contributed by atoms with van der Waals surface area (Å²) < 4.78 is 0. The third-order valence-electron chi connectivity index (χ3n) is 3.83. The fourth-order valence-electron chi connectivity index (χ4n) is 2.52. The molecule has 17 heavy (non-hydrogen) atoms. The molecule has 0 aliphatic rings. The molecular formula is C17H22. The van der Waals surface area contributed by atoms with Gasteiger partial charge in [-0.05, 0) is 59.2 Å². The molecule has 0 radical (unpaired) electrons. The Bertz CT molecular complexity index is 569. The van der Waals surface area contributed by atoms with Gasteiger partial charge in [0.1, 0.15) is 0 Å². The van der Waals surface area contributed by atoms with E-state index in [4.69, 9.17) is 0 Å². The Kier molecular flexibility index (Phi) is 2.77. The Labute approximate surface area is 105 Å². The first-order valence-electron chi connectivity index (χ1n) is 6.32. The van der Waals surface area contributed by atoms with Crippen LogP contribution in [0.15, 0.2) is 24.3 Å². The summed E-state index contributed by atoms with van der Waals surface area (Å²) in [6.07, 6.45) is 0. The summed E-state index contributed by atoms with van der Waals surface area (Å²) in [6.45, 7) is 13.5.